The first-order valence-corrected chi connectivity index (χ1v) is 14.1. The quantitative estimate of drug-likeness (QED) is 0.541. The van der Waals surface area contributed by atoms with Gasteiger partial charge in [0.05, 0.1) is 0 Å². The van der Waals surface area contributed by atoms with Crippen LogP contribution in [0.25, 0.3) is 0 Å². The third kappa shape index (κ3) is 6.42. The Kier molecular flexibility index (Phi) is 9.04. The number of carbonyl (C=O) groups excluding carboxylic acids is 4. The minimum absolute atomic E-state index is 0.0642. The van der Waals surface area contributed by atoms with Crippen LogP contribution in [0.3, 0.4) is 0 Å². The van der Waals surface area contributed by atoms with Gasteiger partial charge in [0.2, 0.25) is 22.0 Å². The molecule has 10 heteroatoms. The number of nitrogens with zero attached hydrogens (tertiary/aromatic N) is 2. The van der Waals surface area contributed by atoms with E-state index in [9.17, 15) is 29.1 Å². The van der Waals surface area contributed by atoms with Crippen molar-refractivity contribution in [2.24, 2.45) is 0 Å². The summed E-state index contributed by atoms with van der Waals surface area (Å²) in [6.45, 7) is 0.690. The number of aliphatic carboxylic acids is 1. The van der Waals surface area contributed by atoms with Crippen molar-refractivity contribution in [1.82, 2.24) is 9.80 Å². The number of hydrogen-bond acceptors (Lipinski definition) is 7. The number of carbonyl (C=O) groups is 5. The monoisotopic (exact) mass is 540 g/mol. The van der Waals surface area contributed by atoms with Crippen molar-refractivity contribution in [3.63, 3.8) is 0 Å². The molecule has 1 unspecified atom stereocenters. The molecule has 2 amide bonds. The van der Waals surface area contributed by atoms with Crippen molar-refractivity contribution in [3.05, 3.63) is 71.8 Å². The van der Waals surface area contributed by atoms with Crippen LogP contribution in [-0.4, -0.2) is 79.1 Å². The maximum absolute atomic E-state index is 13.7. The van der Waals surface area contributed by atoms with E-state index in [0.29, 0.717) is 49.9 Å². The molecule has 8 nitrogen and oxygen atoms in total. The molecule has 0 radical (unpaired) electrons. The van der Waals surface area contributed by atoms with Gasteiger partial charge in [-0.1, -0.05) is 84.2 Å². The lowest BCUT2D eigenvalue weighted by molar-refractivity contribution is -0.151. The summed E-state index contributed by atoms with van der Waals surface area (Å²) in [5, 5.41) is 8.13. The Morgan fingerprint density at radius 3 is 1.92 bits per heavy atom. The molecule has 2 aromatic carbocycles. The first kappa shape index (κ1) is 26.9. The van der Waals surface area contributed by atoms with Gasteiger partial charge in [0.25, 0.3) is 0 Å². The van der Waals surface area contributed by atoms with Gasteiger partial charge in [-0.3, -0.25) is 19.2 Å². The van der Waals surface area contributed by atoms with Crippen LogP contribution in [0.4, 0.5) is 0 Å². The summed E-state index contributed by atoms with van der Waals surface area (Å²) in [7, 11) is 0. The van der Waals surface area contributed by atoms with Crippen LogP contribution in [0.1, 0.15) is 46.4 Å². The molecule has 1 N–H and O–H groups in total. The van der Waals surface area contributed by atoms with Crippen LogP contribution < -0.4 is 0 Å². The zero-order valence-electron chi connectivity index (χ0n) is 20.2. The SMILES string of the molecule is O=C(SCC(SC(=O)c1ccccc1)C(=O)N1CCC[C@H]1C(=O)N1CCC[C@H]1C(=O)O)c1ccccc1. The molecule has 2 saturated heterocycles. The summed E-state index contributed by atoms with van der Waals surface area (Å²) in [5.74, 6) is -1.72. The third-order valence-electron chi connectivity index (χ3n) is 6.55. The Bertz CT molecular complexity index is 1160. The van der Waals surface area contributed by atoms with E-state index in [1.807, 2.05) is 6.07 Å². The van der Waals surface area contributed by atoms with Crippen molar-refractivity contribution >= 4 is 51.5 Å². The molecule has 2 fully saturated rings. The highest BCUT2D eigenvalue weighted by Gasteiger charge is 2.43. The van der Waals surface area contributed by atoms with Gasteiger partial charge in [-0.25, -0.2) is 4.79 Å². The molecule has 4 rings (SSSR count). The largest absolute Gasteiger partial charge is 0.480 e. The molecule has 0 aliphatic carbocycles. The number of hydrogen-bond donors (Lipinski definition) is 1. The fraction of sp³-hybridized carbons (Fsp3) is 0.370. The van der Waals surface area contributed by atoms with Crippen molar-refractivity contribution in [2.75, 3.05) is 18.8 Å². The number of amides is 2. The van der Waals surface area contributed by atoms with Gasteiger partial charge in [-0.2, -0.15) is 0 Å². The maximum Gasteiger partial charge on any atom is 0.326 e. The van der Waals surface area contributed by atoms with Crippen LogP contribution in [0.15, 0.2) is 60.7 Å². The molecular weight excluding hydrogens is 512 g/mol. The predicted molar refractivity (Wildman–Crippen MR) is 142 cm³/mol. The molecule has 0 bridgehead atoms. The Morgan fingerprint density at radius 2 is 1.32 bits per heavy atom. The highest BCUT2D eigenvalue weighted by molar-refractivity contribution is 8.18. The third-order valence-corrected chi connectivity index (χ3v) is 8.86. The lowest BCUT2D eigenvalue weighted by atomic mass is 10.1. The molecule has 0 aromatic heterocycles. The first-order valence-electron chi connectivity index (χ1n) is 12.2. The van der Waals surface area contributed by atoms with E-state index in [-0.39, 0.29) is 27.8 Å². The minimum atomic E-state index is -1.04. The average molecular weight is 541 g/mol. The minimum Gasteiger partial charge on any atom is -0.480 e. The molecule has 2 aliphatic rings. The van der Waals surface area contributed by atoms with E-state index in [2.05, 4.69) is 0 Å². The summed E-state index contributed by atoms with van der Waals surface area (Å²) in [4.78, 5) is 67.3. The molecule has 37 heavy (non-hydrogen) atoms. The summed E-state index contributed by atoms with van der Waals surface area (Å²) >= 11 is 1.83. The van der Waals surface area contributed by atoms with Crippen LogP contribution in [0.2, 0.25) is 0 Å². The predicted octanol–water partition coefficient (Wildman–Crippen LogP) is 3.57. The van der Waals surface area contributed by atoms with Crippen molar-refractivity contribution < 1.29 is 29.1 Å². The van der Waals surface area contributed by atoms with E-state index < -0.39 is 23.3 Å². The van der Waals surface area contributed by atoms with Gasteiger partial charge in [-0.15, -0.1) is 0 Å². The maximum atomic E-state index is 13.7. The van der Waals surface area contributed by atoms with Crippen molar-refractivity contribution in [2.45, 2.75) is 43.0 Å². The smallest absolute Gasteiger partial charge is 0.326 e. The van der Waals surface area contributed by atoms with E-state index in [1.54, 1.807) is 54.6 Å². The molecule has 194 valence electrons. The Balaban J connectivity index is 1.51. The zero-order valence-corrected chi connectivity index (χ0v) is 21.8. The Hall–Kier alpha value is -3.11. The Morgan fingerprint density at radius 1 is 0.784 bits per heavy atom. The van der Waals surface area contributed by atoms with Crippen LogP contribution in [0.5, 0.6) is 0 Å². The first-order chi connectivity index (χ1) is 17.9. The van der Waals surface area contributed by atoms with E-state index >= 15 is 0 Å². The van der Waals surface area contributed by atoms with Crippen molar-refractivity contribution in [3.8, 4) is 0 Å². The van der Waals surface area contributed by atoms with E-state index in [0.717, 1.165) is 23.5 Å². The van der Waals surface area contributed by atoms with E-state index in [4.69, 9.17) is 0 Å². The highest BCUT2D eigenvalue weighted by atomic mass is 32.2. The second kappa shape index (κ2) is 12.4. The second-order valence-corrected chi connectivity index (χ2v) is 11.1. The lowest BCUT2D eigenvalue weighted by Crippen LogP contribution is -2.52. The van der Waals surface area contributed by atoms with Gasteiger partial charge < -0.3 is 14.9 Å². The van der Waals surface area contributed by atoms with Crippen LogP contribution >= 0.6 is 23.5 Å². The number of thioether (sulfide) groups is 2. The zero-order chi connectivity index (χ0) is 26.4. The van der Waals surface area contributed by atoms with Crippen LogP contribution in [-0.2, 0) is 14.4 Å². The average Bonchev–Trinajstić information content (AvgIpc) is 3.61. The van der Waals surface area contributed by atoms with Gasteiger partial charge in [0.1, 0.15) is 17.3 Å². The molecule has 2 heterocycles. The molecule has 3 atom stereocenters. The number of rotatable bonds is 8. The lowest BCUT2D eigenvalue weighted by Gasteiger charge is -2.31. The fourth-order valence-electron chi connectivity index (χ4n) is 4.69. The summed E-state index contributed by atoms with van der Waals surface area (Å²) in [6, 6.07) is 15.7. The number of likely N-dealkylation sites (tertiary alicyclic amines) is 2. The highest BCUT2D eigenvalue weighted by Crippen LogP contribution is 2.30. The van der Waals surface area contributed by atoms with Gasteiger partial charge >= 0.3 is 5.97 Å². The Labute approximate surface area is 223 Å². The molecule has 0 saturated carbocycles. The number of benzene rings is 2. The molecular formula is C27H28N2O6S2. The second-order valence-electron chi connectivity index (χ2n) is 8.94. The molecule has 2 aromatic rings. The van der Waals surface area contributed by atoms with E-state index in [1.165, 1.54) is 9.80 Å². The summed E-state index contributed by atoms with van der Waals surface area (Å²) in [5.41, 5.74) is 0.946. The molecule has 0 spiro atoms. The molecule has 2 aliphatic heterocycles. The summed E-state index contributed by atoms with van der Waals surface area (Å²) in [6.07, 6.45) is 2.04. The van der Waals surface area contributed by atoms with Crippen LogP contribution in [0, 0.1) is 0 Å². The standard InChI is InChI=1S/C27H28N2O6S2/c30-23(29-16-8-14-21(29)25(32)33)20-13-7-15-28(20)24(31)22(37-27(35)19-11-5-2-6-12-19)17-36-26(34)18-9-3-1-4-10-18/h1-6,9-12,20-22H,7-8,13-17H2,(H,32,33)/t20-,21-,22?/m0/s1. The number of carboxylic acids is 1. The van der Waals surface area contributed by atoms with Gasteiger partial charge in [-0.05, 0) is 25.7 Å². The van der Waals surface area contributed by atoms with Gasteiger partial charge in [0, 0.05) is 30.0 Å². The fourth-order valence-corrected chi connectivity index (χ4v) is 6.68. The normalized spacial score (nSPS) is 20.0. The van der Waals surface area contributed by atoms with Gasteiger partial charge in [0.15, 0.2) is 0 Å². The summed E-state index contributed by atoms with van der Waals surface area (Å²) < 4.78 is 0. The number of carboxylic acid groups (broad SMARTS) is 1. The van der Waals surface area contributed by atoms with Crippen molar-refractivity contribution in [1.29, 1.82) is 0 Å². The topological polar surface area (TPSA) is 112 Å².